The second kappa shape index (κ2) is 8.18. The predicted octanol–water partition coefficient (Wildman–Crippen LogP) is 0.997. The minimum atomic E-state index is -1.26. The van der Waals surface area contributed by atoms with Crippen LogP contribution in [0.1, 0.15) is 10.4 Å². The maximum Gasteiger partial charge on any atom is 0.335 e. The molecule has 0 aromatic heterocycles. The number of anilines is 1. The first kappa shape index (κ1) is 16.9. The van der Waals surface area contributed by atoms with Gasteiger partial charge in [0.05, 0.1) is 24.5 Å². The van der Waals surface area contributed by atoms with Gasteiger partial charge in [0.25, 0.3) is 0 Å². The summed E-state index contributed by atoms with van der Waals surface area (Å²) in [6.45, 7) is 0.340. The van der Waals surface area contributed by atoms with Crippen LogP contribution in [0.5, 0.6) is 0 Å². The molecule has 1 rings (SSSR count). The topological polar surface area (TPSA) is 99.1 Å². The van der Waals surface area contributed by atoms with Gasteiger partial charge >= 0.3 is 12.0 Å². The van der Waals surface area contributed by atoms with Gasteiger partial charge in [0.2, 0.25) is 0 Å². The molecular formula is C13H17FN2O5. The number of nitrogens with one attached hydrogen (secondary N) is 1. The average molecular weight is 300 g/mol. The molecule has 0 aliphatic heterocycles. The summed E-state index contributed by atoms with van der Waals surface area (Å²) < 4.78 is 18.5. The number of amides is 2. The number of benzene rings is 1. The van der Waals surface area contributed by atoms with Crippen LogP contribution in [-0.4, -0.2) is 60.5 Å². The third-order valence-corrected chi connectivity index (χ3v) is 2.68. The van der Waals surface area contributed by atoms with E-state index in [-0.39, 0.29) is 37.6 Å². The molecule has 0 aliphatic carbocycles. The molecule has 1 aromatic rings. The summed E-state index contributed by atoms with van der Waals surface area (Å²) in [6, 6.07) is 2.57. The van der Waals surface area contributed by atoms with Crippen molar-refractivity contribution in [1.82, 2.24) is 4.90 Å². The number of halogens is 1. The number of nitrogens with zero attached hydrogens (tertiary/aromatic N) is 1. The number of ether oxygens (including phenoxy) is 1. The number of rotatable bonds is 7. The van der Waals surface area contributed by atoms with Gasteiger partial charge in [-0.15, -0.1) is 0 Å². The van der Waals surface area contributed by atoms with Gasteiger partial charge in [-0.05, 0) is 18.2 Å². The highest BCUT2D eigenvalue weighted by Gasteiger charge is 2.15. The Balaban J connectivity index is 2.78. The number of methoxy groups -OCH3 is 1. The Morgan fingerprint density at radius 1 is 1.38 bits per heavy atom. The third kappa shape index (κ3) is 5.01. The summed E-state index contributed by atoms with van der Waals surface area (Å²) >= 11 is 0. The zero-order valence-corrected chi connectivity index (χ0v) is 11.5. The van der Waals surface area contributed by atoms with Crippen molar-refractivity contribution in [3.63, 3.8) is 0 Å². The number of aliphatic hydroxyl groups is 1. The second-order valence-electron chi connectivity index (χ2n) is 4.13. The van der Waals surface area contributed by atoms with Crippen LogP contribution in [0.4, 0.5) is 14.9 Å². The van der Waals surface area contributed by atoms with Crippen molar-refractivity contribution < 1.29 is 28.9 Å². The van der Waals surface area contributed by atoms with Gasteiger partial charge in [-0.25, -0.2) is 14.0 Å². The maximum atomic E-state index is 13.7. The van der Waals surface area contributed by atoms with Gasteiger partial charge in [0.15, 0.2) is 0 Å². The first-order chi connectivity index (χ1) is 9.99. The number of carboxylic acids is 1. The molecule has 0 unspecified atom stereocenters. The van der Waals surface area contributed by atoms with E-state index in [1.165, 1.54) is 24.1 Å². The fourth-order valence-corrected chi connectivity index (χ4v) is 1.58. The van der Waals surface area contributed by atoms with Crippen molar-refractivity contribution in [3.05, 3.63) is 29.6 Å². The molecule has 0 heterocycles. The van der Waals surface area contributed by atoms with Gasteiger partial charge in [-0.3, -0.25) is 0 Å². The van der Waals surface area contributed by atoms with Gasteiger partial charge < -0.3 is 25.2 Å². The van der Waals surface area contributed by atoms with Crippen LogP contribution in [-0.2, 0) is 4.74 Å². The minimum Gasteiger partial charge on any atom is -0.478 e. The highest BCUT2D eigenvalue weighted by Crippen LogP contribution is 2.16. The van der Waals surface area contributed by atoms with E-state index in [9.17, 15) is 14.0 Å². The van der Waals surface area contributed by atoms with Crippen LogP contribution in [0, 0.1) is 5.82 Å². The summed E-state index contributed by atoms with van der Waals surface area (Å²) in [7, 11) is 1.47. The van der Waals surface area contributed by atoms with E-state index >= 15 is 0 Å². The smallest absolute Gasteiger partial charge is 0.335 e. The molecule has 0 saturated carbocycles. The molecule has 116 valence electrons. The fourth-order valence-electron chi connectivity index (χ4n) is 1.58. The van der Waals surface area contributed by atoms with Gasteiger partial charge in [-0.2, -0.15) is 0 Å². The van der Waals surface area contributed by atoms with Crippen LogP contribution in [0.3, 0.4) is 0 Å². The lowest BCUT2D eigenvalue weighted by Crippen LogP contribution is -2.39. The number of hydrogen-bond acceptors (Lipinski definition) is 4. The molecule has 0 radical (unpaired) electrons. The standard InChI is InChI=1S/C13H17FN2O5/c1-21-7-5-16(4-6-17)13(20)15-11-3-2-9(12(18)19)8-10(11)14/h2-3,8,17H,4-7H2,1H3,(H,15,20)(H,18,19). The summed E-state index contributed by atoms with van der Waals surface area (Å²) in [4.78, 5) is 23.9. The monoisotopic (exact) mass is 300 g/mol. The van der Waals surface area contributed by atoms with Crippen LogP contribution in [0.25, 0.3) is 0 Å². The lowest BCUT2D eigenvalue weighted by molar-refractivity contribution is 0.0696. The number of carbonyl (C=O) groups is 2. The largest absolute Gasteiger partial charge is 0.478 e. The molecule has 0 fully saturated rings. The van der Waals surface area contributed by atoms with Gasteiger partial charge in [0.1, 0.15) is 5.82 Å². The molecule has 2 amide bonds. The summed E-state index contributed by atoms with van der Waals surface area (Å²) in [5, 5.41) is 20.0. The molecule has 8 heteroatoms. The number of carbonyl (C=O) groups excluding carboxylic acids is 1. The Bertz CT molecular complexity index is 509. The molecule has 0 spiro atoms. The fraction of sp³-hybridized carbons (Fsp3) is 0.385. The van der Waals surface area contributed by atoms with E-state index in [0.717, 1.165) is 6.07 Å². The third-order valence-electron chi connectivity index (χ3n) is 2.68. The van der Waals surface area contributed by atoms with Crippen molar-refractivity contribution >= 4 is 17.7 Å². The van der Waals surface area contributed by atoms with Crippen LogP contribution in [0.2, 0.25) is 0 Å². The number of urea groups is 1. The van der Waals surface area contributed by atoms with E-state index < -0.39 is 17.8 Å². The number of carboxylic acid groups (broad SMARTS) is 1. The van der Waals surface area contributed by atoms with Crippen LogP contribution < -0.4 is 5.32 Å². The molecule has 0 saturated heterocycles. The Kier molecular flexibility index (Phi) is 6.57. The molecule has 1 aromatic carbocycles. The number of aliphatic hydroxyl groups excluding tert-OH is 1. The Morgan fingerprint density at radius 3 is 2.62 bits per heavy atom. The molecule has 0 aliphatic rings. The van der Waals surface area contributed by atoms with Crippen molar-refractivity contribution in [2.24, 2.45) is 0 Å². The average Bonchev–Trinajstić information content (AvgIpc) is 2.45. The highest BCUT2D eigenvalue weighted by molar-refractivity contribution is 5.91. The Morgan fingerprint density at radius 2 is 2.10 bits per heavy atom. The zero-order chi connectivity index (χ0) is 15.8. The van der Waals surface area contributed by atoms with E-state index in [0.29, 0.717) is 0 Å². The quantitative estimate of drug-likeness (QED) is 0.697. The van der Waals surface area contributed by atoms with Crippen molar-refractivity contribution in [3.8, 4) is 0 Å². The van der Waals surface area contributed by atoms with Gasteiger partial charge in [-0.1, -0.05) is 0 Å². The van der Waals surface area contributed by atoms with Crippen molar-refractivity contribution in [2.75, 3.05) is 38.7 Å². The maximum absolute atomic E-state index is 13.7. The SMILES string of the molecule is COCCN(CCO)C(=O)Nc1ccc(C(=O)O)cc1F. The zero-order valence-electron chi connectivity index (χ0n) is 11.5. The molecular weight excluding hydrogens is 283 g/mol. The summed E-state index contributed by atoms with van der Waals surface area (Å²) in [6.07, 6.45) is 0. The molecule has 0 atom stereocenters. The number of hydrogen-bond donors (Lipinski definition) is 3. The summed E-state index contributed by atoms with van der Waals surface area (Å²) in [5.41, 5.74) is -0.345. The lowest BCUT2D eigenvalue weighted by atomic mass is 10.2. The van der Waals surface area contributed by atoms with Crippen molar-refractivity contribution in [2.45, 2.75) is 0 Å². The van der Waals surface area contributed by atoms with E-state index in [1.807, 2.05) is 0 Å². The first-order valence-electron chi connectivity index (χ1n) is 6.18. The van der Waals surface area contributed by atoms with Gasteiger partial charge in [0, 0.05) is 20.2 Å². The second-order valence-corrected chi connectivity index (χ2v) is 4.13. The summed E-state index contributed by atoms with van der Waals surface area (Å²) in [5.74, 6) is -2.10. The van der Waals surface area contributed by atoms with E-state index in [4.69, 9.17) is 14.9 Å². The first-order valence-corrected chi connectivity index (χ1v) is 6.18. The van der Waals surface area contributed by atoms with Crippen molar-refractivity contribution in [1.29, 1.82) is 0 Å². The minimum absolute atomic E-state index is 0.0734. The molecule has 7 nitrogen and oxygen atoms in total. The highest BCUT2D eigenvalue weighted by atomic mass is 19.1. The molecule has 21 heavy (non-hydrogen) atoms. The van der Waals surface area contributed by atoms with E-state index in [2.05, 4.69) is 5.32 Å². The molecule has 0 bridgehead atoms. The Labute approximate surface area is 120 Å². The lowest BCUT2D eigenvalue weighted by Gasteiger charge is -2.22. The molecule has 3 N–H and O–H groups in total. The van der Waals surface area contributed by atoms with E-state index in [1.54, 1.807) is 0 Å². The number of aromatic carboxylic acids is 1. The van der Waals surface area contributed by atoms with Crippen LogP contribution >= 0.6 is 0 Å². The van der Waals surface area contributed by atoms with Crippen LogP contribution in [0.15, 0.2) is 18.2 Å². The Hall–Kier alpha value is -2.19. The normalized spacial score (nSPS) is 10.2. The predicted molar refractivity (Wildman–Crippen MR) is 72.9 cm³/mol.